The first-order valence-corrected chi connectivity index (χ1v) is 13.5. The molecule has 2 aliphatic rings. The first-order chi connectivity index (χ1) is 16.6. The molecule has 10 nitrogen and oxygen atoms in total. The molecule has 3 rings (SSSR count). The zero-order valence-corrected chi connectivity index (χ0v) is 22.1. The molecule has 198 valence electrons. The quantitative estimate of drug-likeness (QED) is 0.539. The lowest BCUT2D eigenvalue weighted by Gasteiger charge is -2.36. The van der Waals surface area contributed by atoms with E-state index in [0.717, 1.165) is 18.4 Å². The van der Waals surface area contributed by atoms with Crippen LogP contribution in [-0.2, 0) is 26.2 Å². The number of carbonyl (C=O) groups excluding carboxylic acids is 1. The highest BCUT2D eigenvalue weighted by molar-refractivity contribution is 7.86. The van der Waals surface area contributed by atoms with Crippen molar-refractivity contribution in [3.63, 3.8) is 0 Å². The Morgan fingerprint density at radius 1 is 1.11 bits per heavy atom. The minimum atomic E-state index is -3.83. The Hall–Kier alpha value is -1.92. The molecule has 0 aromatic heterocycles. The average molecular weight is 514 g/mol. The van der Waals surface area contributed by atoms with E-state index in [1.807, 2.05) is 19.1 Å². The molecule has 1 saturated heterocycles. The van der Waals surface area contributed by atoms with E-state index in [2.05, 4.69) is 0 Å². The van der Waals surface area contributed by atoms with Crippen LogP contribution in [-0.4, -0.2) is 98.4 Å². The van der Waals surface area contributed by atoms with Gasteiger partial charge < -0.3 is 19.3 Å². The molecule has 35 heavy (non-hydrogen) atoms. The van der Waals surface area contributed by atoms with Crippen molar-refractivity contribution in [1.82, 2.24) is 13.5 Å². The third-order valence-electron chi connectivity index (χ3n) is 7.02. The molecule has 1 heterocycles. The molecule has 1 aliphatic carbocycles. The second-order valence-electron chi connectivity index (χ2n) is 9.54. The molecule has 0 bridgehead atoms. The largest absolute Gasteiger partial charge is 0.497 e. The average Bonchev–Trinajstić information content (AvgIpc) is 3.17. The van der Waals surface area contributed by atoms with Crippen LogP contribution in [0.25, 0.3) is 0 Å². The molecule has 1 aromatic carbocycles. The molecule has 1 saturated carbocycles. The van der Waals surface area contributed by atoms with Crippen molar-refractivity contribution in [2.75, 3.05) is 34.9 Å². The third-order valence-corrected chi connectivity index (χ3v) is 8.93. The maximum Gasteiger partial charge on any atom is 0.410 e. The van der Waals surface area contributed by atoms with Crippen LogP contribution in [0, 0.1) is 0 Å². The zero-order chi connectivity index (χ0) is 25.8. The van der Waals surface area contributed by atoms with Crippen molar-refractivity contribution in [3.8, 4) is 5.75 Å². The number of nitrogens with zero attached hydrogens (tertiary/aromatic N) is 3. The van der Waals surface area contributed by atoms with Gasteiger partial charge in [0.25, 0.3) is 10.2 Å². The molecule has 3 atom stereocenters. The Morgan fingerprint density at radius 3 is 2.29 bits per heavy atom. The van der Waals surface area contributed by atoms with Crippen LogP contribution in [0.15, 0.2) is 24.3 Å². The molecule has 1 aliphatic heterocycles. The summed E-state index contributed by atoms with van der Waals surface area (Å²) < 4.78 is 46.2. The maximum absolute atomic E-state index is 13.5. The number of benzene rings is 1. The highest BCUT2D eigenvalue weighted by atomic mass is 32.2. The van der Waals surface area contributed by atoms with Crippen molar-refractivity contribution in [3.05, 3.63) is 29.8 Å². The maximum atomic E-state index is 13.5. The summed E-state index contributed by atoms with van der Waals surface area (Å²) in [5.41, 5.74) is 0.807. The number of likely N-dealkylation sites (tertiary alicyclic amines) is 1. The zero-order valence-electron chi connectivity index (χ0n) is 21.3. The highest BCUT2D eigenvalue weighted by Gasteiger charge is 2.49. The summed E-state index contributed by atoms with van der Waals surface area (Å²) in [6.07, 6.45) is 2.44. The van der Waals surface area contributed by atoms with Crippen LogP contribution in [0.4, 0.5) is 4.79 Å². The minimum absolute atomic E-state index is 0.0325. The second kappa shape index (κ2) is 11.9. The Kier molecular flexibility index (Phi) is 9.39. The summed E-state index contributed by atoms with van der Waals surface area (Å²) in [6, 6.07) is 6.02. The second-order valence-corrected chi connectivity index (χ2v) is 11.6. The molecular formula is C24H39N3O7S. The van der Waals surface area contributed by atoms with Gasteiger partial charge in [0.1, 0.15) is 5.75 Å². The van der Waals surface area contributed by atoms with Gasteiger partial charge in [-0.1, -0.05) is 12.1 Å². The topological polar surface area (TPSA) is 109 Å². The minimum Gasteiger partial charge on any atom is -0.497 e. The van der Waals surface area contributed by atoms with Crippen LogP contribution >= 0.6 is 0 Å². The molecule has 1 amide bonds. The normalized spacial score (nSPS) is 27.4. The van der Waals surface area contributed by atoms with Crippen molar-refractivity contribution in [2.45, 2.75) is 75.9 Å². The van der Waals surface area contributed by atoms with Gasteiger partial charge in [0.15, 0.2) is 0 Å². The number of ether oxygens (including phenoxy) is 3. The van der Waals surface area contributed by atoms with Crippen LogP contribution in [0.2, 0.25) is 0 Å². The van der Waals surface area contributed by atoms with E-state index in [1.165, 1.54) is 29.8 Å². The summed E-state index contributed by atoms with van der Waals surface area (Å²) in [5.74, 6) is 0.686. The summed E-state index contributed by atoms with van der Waals surface area (Å²) in [5, 5.41) is 9.81. The van der Waals surface area contributed by atoms with Crippen molar-refractivity contribution >= 4 is 16.3 Å². The van der Waals surface area contributed by atoms with Gasteiger partial charge in [0.2, 0.25) is 0 Å². The summed E-state index contributed by atoms with van der Waals surface area (Å²) in [6.45, 7) is 2.23. The van der Waals surface area contributed by atoms with E-state index >= 15 is 0 Å². The lowest BCUT2D eigenvalue weighted by Crippen LogP contribution is -2.54. The number of aliphatic hydroxyl groups excluding tert-OH is 1. The molecule has 11 heteroatoms. The monoisotopic (exact) mass is 513 g/mol. The number of rotatable bonds is 9. The number of aliphatic hydroxyl groups is 1. The Morgan fingerprint density at radius 2 is 1.74 bits per heavy atom. The molecule has 0 spiro atoms. The van der Waals surface area contributed by atoms with Gasteiger partial charge in [0.05, 0.1) is 45.1 Å². The molecule has 1 N–H and O–H groups in total. The number of methoxy groups -OCH3 is 2. The van der Waals surface area contributed by atoms with Gasteiger partial charge in [-0.15, -0.1) is 0 Å². The van der Waals surface area contributed by atoms with Gasteiger partial charge >= 0.3 is 6.09 Å². The molecule has 0 radical (unpaired) electrons. The van der Waals surface area contributed by atoms with E-state index in [-0.39, 0.29) is 31.4 Å². The van der Waals surface area contributed by atoms with Crippen molar-refractivity contribution < 1.29 is 32.5 Å². The standard InChI is InChI=1S/C24H39N3O7S/c1-17-14-22(23(27(17)24(29)33-5)16-34-21-12-8-19(28)9-13-21)26(35(30,31)25(2)3)15-18-6-10-20(32-4)11-7-18/h6-7,10-11,17,19,21-23,28H,8-9,12-16H2,1-5H3/t17-,19?,21?,22-,23-/m0/s1. The van der Waals surface area contributed by atoms with E-state index in [4.69, 9.17) is 14.2 Å². The first-order valence-electron chi connectivity index (χ1n) is 12.1. The Bertz CT molecular complexity index is 933. The SMILES string of the molecule is COC(=O)N1[C@@H](C)C[C@H](N(Cc2ccc(OC)cc2)S(=O)(=O)N(C)C)[C@@H]1COC1CCC(O)CC1. The van der Waals surface area contributed by atoms with E-state index < -0.39 is 28.4 Å². The van der Waals surface area contributed by atoms with Crippen LogP contribution in [0.3, 0.4) is 0 Å². The predicted octanol–water partition coefficient (Wildman–Crippen LogP) is 2.22. The lowest BCUT2D eigenvalue weighted by molar-refractivity contribution is -0.0298. The fraction of sp³-hybridized carbons (Fsp3) is 0.708. The van der Waals surface area contributed by atoms with Gasteiger partial charge in [-0.05, 0) is 56.7 Å². The smallest absolute Gasteiger partial charge is 0.410 e. The van der Waals surface area contributed by atoms with Crippen molar-refractivity contribution in [1.29, 1.82) is 0 Å². The number of hydrogen-bond donors (Lipinski definition) is 1. The van der Waals surface area contributed by atoms with Crippen LogP contribution in [0.1, 0.15) is 44.6 Å². The summed E-state index contributed by atoms with van der Waals surface area (Å²) in [4.78, 5) is 14.3. The third kappa shape index (κ3) is 6.45. The fourth-order valence-electron chi connectivity index (χ4n) is 4.99. The predicted molar refractivity (Wildman–Crippen MR) is 131 cm³/mol. The molecule has 0 unspecified atom stereocenters. The Balaban J connectivity index is 1.91. The van der Waals surface area contributed by atoms with Gasteiger partial charge in [-0.3, -0.25) is 4.90 Å². The van der Waals surface area contributed by atoms with Gasteiger partial charge in [-0.2, -0.15) is 17.0 Å². The number of hydrogen-bond acceptors (Lipinski definition) is 7. The first kappa shape index (κ1) is 27.7. The van der Waals surface area contributed by atoms with E-state index in [9.17, 15) is 18.3 Å². The van der Waals surface area contributed by atoms with Gasteiger partial charge in [-0.25, -0.2) is 4.79 Å². The molecule has 2 fully saturated rings. The number of carbonyl (C=O) groups is 1. The van der Waals surface area contributed by atoms with Crippen LogP contribution in [0.5, 0.6) is 5.75 Å². The van der Waals surface area contributed by atoms with E-state index in [0.29, 0.717) is 25.0 Å². The number of amides is 1. The Labute approximate surface area is 208 Å². The molecular weight excluding hydrogens is 474 g/mol. The van der Waals surface area contributed by atoms with Gasteiger partial charge in [0, 0.05) is 26.7 Å². The lowest BCUT2D eigenvalue weighted by atomic mass is 9.95. The summed E-state index contributed by atoms with van der Waals surface area (Å²) in [7, 11) is 2.09. The fourth-order valence-corrected chi connectivity index (χ4v) is 6.29. The molecule has 1 aromatic rings. The van der Waals surface area contributed by atoms with Crippen molar-refractivity contribution in [2.24, 2.45) is 0 Å². The summed E-state index contributed by atoms with van der Waals surface area (Å²) >= 11 is 0. The van der Waals surface area contributed by atoms with E-state index in [1.54, 1.807) is 24.1 Å². The highest BCUT2D eigenvalue weighted by Crippen LogP contribution is 2.34. The van der Waals surface area contributed by atoms with Crippen LogP contribution < -0.4 is 4.74 Å².